The van der Waals surface area contributed by atoms with E-state index >= 15 is 0 Å². The van der Waals surface area contributed by atoms with Gasteiger partial charge in [-0.05, 0) is 37.3 Å². The molecule has 140 valence electrons. The molecule has 0 fully saturated rings. The molecule has 0 saturated carbocycles. The quantitative estimate of drug-likeness (QED) is 0.581. The third-order valence-electron chi connectivity index (χ3n) is 3.49. The van der Waals surface area contributed by atoms with E-state index in [1.807, 2.05) is 0 Å². The van der Waals surface area contributed by atoms with Crippen molar-refractivity contribution in [3.8, 4) is 0 Å². The van der Waals surface area contributed by atoms with Crippen LogP contribution in [0.5, 0.6) is 0 Å². The summed E-state index contributed by atoms with van der Waals surface area (Å²) < 4.78 is 64.8. The fraction of sp³-hybridized carbons (Fsp3) is 0.111. The van der Waals surface area contributed by atoms with Gasteiger partial charge in [-0.15, -0.1) is 0 Å². The zero-order valence-electron chi connectivity index (χ0n) is 13.9. The van der Waals surface area contributed by atoms with Gasteiger partial charge in [-0.25, -0.2) is 18.7 Å². The SMILES string of the molecule is Cc1nc(Nc2cccc(C(F)(F)F)c2)cc(Nc2ccc(F)c(F)c2)n1. The van der Waals surface area contributed by atoms with E-state index in [-0.39, 0.29) is 23.0 Å². The number of hydrogen-bond donors (Lipinski definition) is 2. The lowest BCUT2D eigenvalue weighted by Crippen LogP contribution is -2.06. The number of rotatable bonds is 4. The van der Waals surface area contributed by atoms with E-state index in [0.717, 1.165) is 24.3 Å². The number of hydrogen-bond acceptors (Lipinski definition) is 4. The molecule has 0 aliphatic rings. The first kappa shape index (κ1) is 18.6. The molecular formula is C18H13F5N4. The topological polar surface area (TPSA) is 49.8 Å². The van der Waals surface area contributed by atoms with Gasteiger partial charge in [-0.3, -0.25) is 0 Å². The lowest BCUT2D eigenvalue weighted by Gasteiger charge is -2.12. The summed E-state index contributed by atoms with van der Waals surface area (Å²) in [6, 6.07) is 9.37. The Bertz CT molecular complexity index is 972. The molecule has 0 unspecified atom stereocenters. The summed E-state index contributed by atoms with van der Waals surface area (Å²) in [5.74, 6) is -1.16. The van der Waals surface area contributed by atoms with Gasteiger partial charge in [0.2, 0.25) is 0 Å². The molecule has 0 aliphatic heterocycles. The van der Waals surface area contributed by atoms with Crippen LogP contribution >= 0.6 is 0 Å². The van der Waals surface area contributed by atoms with Crippen molar-refractivity contribution < 1.29 is 22.0 Å². The highest BCUT2D eigenvalue weighted by Gasteiger charge is 2.30. The van der Waals surface area contributed by atoms with Gasteiger partial charge in [0.25, 0.3) is 0 Å². The van der Waals surface area contributed by atoms with Gasteiger partial charge in [0, 0.05) is 23.5 Å². The highest BCUT2D eigenvalue weighted by Crippen LogP contribution is 2.31. The monoisotopic (exact) mass is 380 g/mol. The fourth-order valence-electron chi connectivity index (χ4n) is 2.34. The van der Waals surface area contributed by atoms with E-state index in [4.69, 9.17) is 0 Å². The van der Waals surface area contributed by atoms with Crippen molar-refractivity contribution in [2.45, 2.75) is 13.1 Å². The molecule has 0 amide bonds. The van der Waals surface area contributed by atoms with Crippen LogP contribution in [0.4, 0.5) is 45.0 Å². The lowest BCUT2D eigenvalue weighted by molar-refractivity contribution is -0.137. The maximum atomic E-state index is 13.3. The molecule has 0 radical (unpaired) electrons. The number of aryl methyl sites for hydroxylation is 1. The Morgan fingerprint density at radius 2 is 1.41 bits per heavy atom. The Balaban J connectivity index is 1.84. The summed E-state index contributed by atoms with van der Waals surface area (Å²) in [7, 11) is 0. The average Bonchev–Trinajstić information content (AvgIpc) is 2.57. The number of benzene rings is 2. The lowest BCUT2D eigenvalue weighted by atomic mass is 10.2. The smallest absolute Gasteiger partial charge is 0.340 e. The third kappa shape index (κ3) is 4.69. The molecule has 2 N–H and O–H groups in total. The summed E-state index contributed by atoms with van der Waals surface area (Å²) in [5, 5.41) is 5.58. The van der Waals surface area contributed by atoms with Gasteiger partial charge in [0.05, 0.1) is 5.56 Å². The van der Waals surface area contributed by atoms with E-state index in [2.05, 4.69) is 20.6 Å². The van der Waals surface area contributed by atoms with E-state index in [9.17, 15) is 22.0 Å². The Hall–Kier alpha value is -3.23. The molecule has 2 aromatic carbocycles. The first-order valence-corrected chi connectivity index (χ1v) is 7.73. The molecule has 1 aromatic heterocycles. The van der Waals surface area contributed by atoms with Crippen LogP contribution in [0.15, 0.2) is 48.5 Å². The molecular weight excluding hydrogens is 367 g/mol. The van der Waals surface area contributed by atoms with Gasteiger partial charge in [-0.1, -0.05) is 6.07 Å². The highest BCUT2D eigenvalue weighted by atomic mass is 19.4. The first-order valence-electron chi connectivity index (χ1n) is 7.73. The first-order chi connectivity index (χ1) is 12.7. The maximum Gasteiger partial charge on any atom is 0.416 e. The number of anilines is 4. The minimum Gasteiger partial charge on any atom is -0.340 e. The van der Waals surface area contributed by atoms with E-state index < -0.39 is 23.4 Å². The van der Waals surface area contributed by atoms with Crippen LogP contribution < -0.4 is 10.6 Å². The molecule has 9 heteroatoms. The molecule has 3 aromatic rings. The minimum absolute atomic E-state index is 0.196. The standard InChI is InChI=1S/C18H13F5N4/c1-10-24-16(26-12-4-2-3-11(7-12)18(21,22)23)9-17(25-10)27-13-5-6-14(19)15(20)8-13/h2-9H,1H3,(H2,24,25,26,27). The van der Waals surface area contributed by atoms with Gasteiger partial charge in [0.1, 0.15) is 17.5 Å². The Morgan fingerprint density at radius 3 is 2.00 bits per heavy atom. The molecule has 27 heavy (non-hydrogen) atoms. The summed E-state index contributed by atoms with van der Waals surface area (Å²) in [6.45, 7) is 1.59. The van der Waals surface area contributed by atoms with Gasteiger partial charge in [-0.2, -0.15) is 13.2 Å². The second-order valence-electron chi connectivity index (χ2n) is 5.64. The van der Waals surface area contributed by atoms with Crippen LogP contribution in [0.3, 0.4) is 0 Å². The van der Waals surface area contributed by atoms with Crippen molar-refractivity contribution in [1.82, 2.24) is 9.97 Å². The number of nitrogens with zero attached hydrogens (tertiary/aromatic N) is 2. The predicted octanol–water partition coefficient (Wildman–Crippen LogP) is 5.57. The minimum atomic E-state index is -4.46. The van der Waals surface area contributed by atoms with Crippen LogP contribution in [0.2, 0.25) is 0 Å². The summed E-state index contributed by atoms with van der Waals surface area (Å²) in [6.07, 6.45) is -4.46. The maximum absolute atomic E-state index is 13.3. The number of nitrogens with one attached hydrogen (secondary N) is 2. The zero-order chi connectivity index (χ0) is 19.6. The fourth-order valence-corrected chi connectivity index (χ4v) is 2.34. The van der Waals surface area contributed by atoms with Crippen molar-refractivity contribution in [2.75, 3.05) is 10.6 Å². The molecule has 0 spiro atoms. The summed E-state index contributed by atoms with van der Waals surface area (Å²) in [5.41, 5.74) is -0.336. The molecule has 4 nitrogen and oxygen atoms in total. The van der Waals surface area contributed by atoms with Crippen LogP contribution in [-0.4, -0.2) is 9.97 Å². The Morgan fingerprint density at radius 1 is 0.778 bits per heavy atom. The van der Waals surface area contributed by atoms with Gasteiger partial charge < -0.3 is 10.6 Å². The third-order valence-corrected chi connectivity index (χ3v) is 3.49. The van der Waals surface area contributed by atoms with E-state index in [1.54, 1.807) is 6.92 Å². The van der Waals surface area contributed by atoms with Crippen LogP contribution in [0.1, 0.15) is 11.4 Å². The number of alkyl halides is 3. The molecule has 1 heterocycles. The largest absolute Gasteiger partial charge is 0.416 e. The van der Waals surface area contributed by atoms with Crippen molar-refractivity contribution in [3.63, 3.8) is 0 Å². The average molecular weight is 380 g/mol. The molecule has 3 rings (SSSR count). The van der Waals surface area contributed by atoms with Crippen LogP contribution in [0.25, 0.3) is 0 Å². The van der Waals surface area contributed by atoms with Gasteiger partial charge in [0.15, 0.2) is 11.6 Å². The number of aromatic nitrogens is 2. The van der Waals surface area contributed by atoms with Crippen molar-refractivity contribution >= 4 is 23.0 Å². The summed E-state index contributed by atoms with van der Waals surface area (Å²) in [4.78, 5) is 8.24. The second-order valence-corrected chi connectivity index (χ2v) is 5.64. The predicted molar refractivity (Wildman–Crippen MR) is 91.1 cm³/mol. The zero-order valence-corrected chi connectivity index (χ0v) is 13.9. The van der Waals surface area contributed by atoms with Crippen LogP contribution in [0, 0.1) is 18.6 Å². The highest BCUT2D eigenvalue weighted by molar-refractivity contribution is 5.63. The molecule has 0 aliphatic carbocycles. The van der Waals surface area contributed by atoms with E-state index in [1.165, 1.54) is 24.3 Å². The van der Waals surface area contributed by atoms with Crippen LogP contribution in [-0.2, 0) is 6.18 Å². The molecule has 0 atom stereocenters. The second kappa shape index (κ2) is 7.18. The van der Waals surface area contributed by atoms with Crippen molar-refractivity contribution in [3.05, 3.63) is 71.6 Å². The number of halogens is 5. The van der Waals surface area contributed by atoms with Gasteiger partial charge >= 0.3 is 6.18 Å². The Kier molecular flexibility index (Phi) is 4.93. The van der Waals surface area contributed by atoms with Crippen molar-refractivity contribution in [2.24, 2.45) is 0 Å². The summed E-state index contributed by atoms with van der Waals surface area (Å²) >= 11 is 0. The normalized spacial score (nSPS) is 11.3. The van der Waals surface area contributed by atoms with Crippen molar-refractivity contribution in [1.29, 1.82) is 0 Å². The molecule has 0 bridgehead atoms. The Labute approximate surface area is 151 Å². The molecule has 0 saturated heterocycles. The van der Waals surface area contributed by atoms with E-state index in [0.29, 0.717) is 5.82 Å².